The molecular weight excluding hydrogens is 200 g/mol. The normalized spacial score (nSPS) is 16.6. The van der Waals surface area contributed by atoms with Gasteiger partial charge in [-0.25, -0.2) is 5.01 Å². The minimum Gasteiger partial charge on any atom is -0.399 e. The molecule has 0 aliphatic carbocycles. The molecule has 4 heteroatoms. The number of rotatable bonds is 1. The Hall–Kier alpha value is -1.26. The van der Waals surface area contributed by atoms with Gasteiger partial charge in [-0.2, -0.15) is 0 Å². The van der Waals surface area contributed by atoms with Crippen LogP contribution in [0.4, 0.5) is 11.4 Å². The van der Waals surface area contributed by atoms with Crippen LogP contribution in [-0.2, 0) is 0 Å². The minimum absolute atomic E-state index is 0.817. The first-order valence-corrected chi connectivity index (χ1v) is 5.86. The first kappa shape index (κ1) is 12.8. The third-order valence-corrected chi connectivity index (χ3v) is 2.55. The summed E-state index contributed by atoms with van der Waals surface area (Å²) in [5.41, 5.74) is 7.74. The molecule has 16 heavy (non-hydrogen) atoms. The highest BCUT2D eigenvalue weighted by Gasteiger charge is 2.14. The summed E-state index contributed by atoms with van der Waals surface area (Å²) in [6, 6.07) is 7.98. The highest BCUT2D eigenvalue weighted by atomic mass is 15.4. The van der Waals surface area contributed by atoms with Crippen molar-refractivity contribution >= 4 is 11.4 Å². The highest BCUT2D eigenvalue weighted by Crippen LogP contribution is 2.18. The molecule has 1 aliphatic rings. The second-order valence-corrected chi connectivity index (χ2v) is 3.62. The molecule has 0 bridgehead atoms. The molecule has 90 valence electrons. The first-order valence-electron chi connectivity index (χ1n) is 5.86. The number of nitrogen functional groups attached to an aromatic ring is 1. The van der Waals surface area contributed by atoms with Crippen LogP contribution in [0.5, 0.6) is 0 Å². The fourth-order valence-corrected chi connectivity index (χ4v) is 1.70. The van der Waals surface area contributed by atoms with Crippen LogP contribution in [-0.4, -0.2) is 31.2 Å². The highest BCUT2D eigenvalue weighted by molar-refractivity contribution is 5.56. The summed E-state index contributed by atoms with van der Waals surface area (Å²) < 4.78 is 0. The lowest BCUT2D eigenvalue weighted by molar-refractivity contribution is 0.266. The Balaban J connectivity index is 0.000000606. The standard InChI is InChI=1S/C10H16N4.C2H6/c11-9-2-1-3-10(8-9)13-4-6-14(12)7-5-13;1-2/h1-3,8H,4-7,11-12H2;1-2H3. The molecule has 2 rings (SSSR count). The lowest BCUT2D eigenvalue weighted by Gasteiger charge is -2.33. The van der Waals surface area contributed by atoms with Crippen LogP contribution in [0.2, 0.25) is 0 Å². The van der Waals surface area contributed by atoms with Crippen molar-refractivity contribution in [2.45, 2.75) is 13.8 Å². The Morgan fingerprint density at radius 3 is 2.25 bits per heavy atom. The molecule has 0 spiro atoms. The Bertz CT molecular complexity index is 306. The molecule has 4 nitrogen and oxygen atoms in total. The quantitative estimate of drug-likeness (QED) is 0.555. The number of nitrogens with zero attached hydrogens (tertiary/aromatic N) is 2. The van der Waals surface area contributed by atoms with Gasteiger partial charge in [0, 0.05) is 37.6 Å². The topological polar surface area (TPSA) is 58.5 Å². The maximum absolute atomic E-state index is 5.73. The van der Waals surface area contributed by atoms with Crippen molar-refractivity contribution in [3.8, 4) is 0 Å². The van der Waals surface area contributed by atoms with Gasteiger partial charge in [0.05, 0.1) is 0 Å². The van der Waals surface area contributed by atoms with Crippen LogP contribution >= 0.6 is 0 Å². The smallest absolute Gasteiger partial charge is 0.0387 e. The average molecular weight is 222 g/mol. The number of hydrogen-bond acceptors (Lipinski definition) is 4. The Labute approximate surface area is 97.8 Å². The van der Waals surface area contributed by atoms with E-state index in [-0.39, 0.29) is 0 Å². The largest absolute Gasteiger partial charge is 0.399 e. The Morgan fingerprint density at radius 1 is 1.06 bits per heavy atom. The SMILES string of the molecule is CC.Nc1cccc(N2CCN(N)CC2)c1. The van der Waals surface area contributed by atoms with E-state index in [1.54, 1.807) is 0 Å². The number of hydrazine groups is 1. The molecule has 1 saturated heterocycles. The summed E-state index contributed by atoms with van der Waals surface area (Å²) in [6.45, 7) is 7.77. The lowest BCUT2D eigenvalue weighted by Crippen LogP contribution is -2.49. The number of hydrogen-bond donors (Lipinski definition) is 2. The lowest BCUT2D eigenvalue weighted by atomic mass is 10.2. The van der Waals surface area contributed by atoms with Gasteiger partial charge >= 0.3 is 0 Å². The predicted octanol–water partition coefficient (Wildman–Crippen LogP) is 1.29. The van der Waals surface area contributed by atoms with Crippen molar-refractivity contribution in [2.24, 2.45) is 5.84 Å². The second kappa shape index (κ2) is 6.35. The van der Waals surface area contributed by atoms with E-state index in [9.17, 15) is 0 Å². The molecule has 1 heterocycles. The zero-order chi connectivity index (χ0) is 12.0. The fraction of sp³-hybridized carbons (Fsp3) is 0.500. The zero-order valence-electron chi connectivity index (χ0n) is 10.2. The summed E-state index contributed by atoms with van der Waals surface area (Å²) >= 11 is 0. The molecule has 0 saturated carbocycles. The van der Waals surface area contributed by atoms with Gasteiger partial charge in [0.25, 0.3) is 0 Å². The molecular formula is C12H22N4. The minimum atomic E-state index is 0.817. The van der Waals surface area contributed by atoms with Crippen LogP contribution in [0.3, 0.4) is 0 Å². The van der Waals surface area contributed by atoms with Crippen molar-refractivity contribution < 1.29 is 0 Å². The van der Waals surface area contributed by atoms with E-state index in [4.69, 9.17) is 11.6 Å². The van der Waals surface area contributed by atoms with E-state index in [0.29, 0.717) is 0 Å². The van der Waals surface area contributed by atoms with Gasteiger partial charge in [0.2, 0.25) is 0 Å². The summed E-state index contributed by atoms with van der Waals surface area (Å²) in [6.07, 6.45) is 0. The molecule has 1 aliphatic heterocycles. The average Bonchev–Trinajstić information content (AvgIpc) is 2.32. The molecule has 1 fully saturated rings. The first-order chi connectivity index (χ1) is 7.75. The molecule has 1 aromatic rings. The number of piperazine rings is 1. The molecule has 4 N–H and O–H groups in total. The van der Waals surface area contributed by atoms with E-state index in [1.807, 2.05) is 37.1 Å². The number of benzene rings is 1. The van der Waals surface area contributed by atoms with Gasteiger partial charge < -0.3 is 10.6 Å². The summed E-state index contributed by atoms with van der Waals surface area (Å²) in [4.78, 5) is 2.31. The molecule has 0 atom stereocenters. The fourth-order valence-electron chi connectivity index (χ4n) is 1.70. The summed E-state index contributed by atoms with van der Waals surface area (Å²) in [5.74, 6) is 5.69. The van der Waals surface area contributed by atoms with E-state index in [2.05, 4.69) is 11.0 Å². The molecule has 0 amide bonds. The number of nitrogens with two attached hydrogens (primary N) is 2. The van der Waals surface area contributed by atoms with Crippen molar-refractivity contribution in [1.29, 1.82) is 0 Å². The van der Waals surface area contributed by atoms with Crippen LogP contribution in [0.1, 0.15) is 13.8 Å². The van der Waals surface area contributed by atoms with Crippen LogP contribution in [0.25, 0.3) is 0 Å². The number of anilines is 2. The van der Waals surface area contributed by atoms with E-state index in [0.717, 1.165) is 31.9 Å². The van der Waals surface area contributed by atoms with Crippen molar-refractivity contribution in [2.75, 3.05) is 36.8 Å². The second-order valence-electron chi connectivity index (χ2n) is 3.62. The Morgan fingerprint density at radius 2 is 1.69 bits per heavy atom. The van der Waals surface area contributed by atoms with E-state index >= 15 is 0 Å². The van der Waals surface area contributed by atoms with Gasteiger partial charge in [-0.15, -0.1) is 0 Å². The van der Waals surface area contributed by atoms with Gasteiger partial charge in [0.15, 0.2) is 0 Å². The zero-order valence-corrected chi connectivity index (χ0v) is 10.2. The molecule has 0 radical (unpaired) electrons. The van der Waals surface area contributed by atoms with Crippen molar-refractivity contribution in [1.82, 2.24) is 5.01 Å². The third kappa shape index (κ3) is 3.40. The molecule has 1 aromatic carbocycles. The predicted molar refractivity (Wildman–Crippen MR) is 70.2 cm³/mol. The van der Waals surface area contributed by atoms with Crippen molar-refractivity contribution in [3.63, 3.8) is 0 Å². The van der Waals surface area contributed by atoms with Gasteiger partial charge in [-0.3, -0.25) is 5.84 Å². The van der Waals surface area contributed by atoms with Gasteiger partial charge in [-0.1, -0.05) is 19.9 Å². The van der Waals surface area contributed by atoms with E-state index < -0.39 is 0 Å². The maximum Gasteiger partial charge on any atom is 0.0387 e. The molecule has 0 unspecified atom stereocenters. The summed E-state index contributed by atoms with van der Waals surface area (Å²) in [5, 5.41) is 1.85. The van der Waals surface area contributed by atoms with Gasteiger partial charge in [0.1, 0.15) is 0 Å². The third-order valence-electron chi connectivity index (χ3n) is 2.55. The monoisotopic (exact) mass is 222 g/mol. The van der Waals surface area contributed by atoms with Crippen LogP contribution in [0, 0.1) is 0 Å². The van der Waals surface area contributed by atoms with E-state index in [1.165, 1.54) is 5.69 Å². The van der Waals surface area contributed by atoms with Crippen LogP contribution < -0.4 is 16.5 Å². The summed E-state index contributed by atoms with van der Waals surface area (Å²) in [7, 11) is 0. The molecule has 0 aromatic heterocycles. The maximum atomic E-state index is 5.73. The van der Waals surface area contributed by atoms with Gasteiger partial charge in [-0.05, 0) is 18.2 Å². The Kier molecular flexibility index (Phi) is 5.08. The van der Waals surface area contributed by atoms with Crippen molar-refractivity contribution in [3.05, 3.63) is 24.3 Å². The van der Waals surface area contributed by atoms with Crippen LogP contribution in [0.15, 0.2) is 24.3 Å².